The van der Waals surface area contributed by atoms with Gasteiger partial charge in [0.1, 0.15) is 11.7 Å². The van der Waals surface area contributed by atoms with E-state index in [1.54, 1.807) is 12.1 Å². The fraction of sp³-hybridized carbons (Fsp3) is 0.300. The molecular formula is C10H12N2O4S. The maximum atomic E-state index is 10.6. The second-order valence-electron chi connectivity index (χ2n) is 3.10. The molecule has 7 heteroatoms. The van der Waals surface area contributed by atoms with E-state index >= 15 is 0 Å². The first kappa shape index (κ1) is 13.3. The normalized spacial score (nSPS) is 9.71. The molecule has 0 heterocycles. The van der Waals surface area contributed by atoms with Crippen LogP contribution in [-0.4, -0.2) is 22.6 Å². The molecule has 1 aromatic rings. The third-order valence-corrected chi connectivity index (χ3v) is 2.39. The van der Waals surface area contributed by atoms with Crippen LogP contribution in [-0.2, 0) is 4.79 Å². The highest BCUT2D eigenvalue weighted by molar-refractivity contribution is 7.99. The van der Waals surface area contributed by atoms with Gasteiger partial charge in [-0.3, -0.25) is 14.9 Å². The molecule has 0 aliphatic carbocycles. The number of carbonyl (C=O) groups is 1. The number of hydrogen-bond acceptors (Lipinski definition) is 5. The molecule has 0 spiro atoms. The smallest absolute Gasteiger partial charge is 0.273 e. The first-order chi connectivity index (χ1) is 8.09. The molecule has 17 heavy (non-hydrogen) atoms. The van der Waals surface area contributed by atoms with Crippen LogP contribution in [0.15, 0.2) is 24.3 Å². The number of rotatable bonds is 6. The van der Waals surface area contributed by atoms with E-state index in [-0.39, 0.29) is 11.6 Å². The third kappa shape index (κ3) is 5.21. The Morgan fingerprint density at radius 2 is 2.35 bits per heavy atom. The summed E-state index contributed by atoms with van der Waals surface area (Å²) in [4.78, 5) is 20.6. The maximum absolute atomic E-state index is 10.6. The fourth-order valence-electron chi connectivity index (χ4n) is 0.991. The zero-order chi connectivity index (χ0) is 12.7. The molecule has 0 radical (unpaired) electrons. The molecule has 1 N–H and O–H groups in total. The van der Waals surface area contributed by atoms with Crippen molar-refractivity contribution in [3.05, 3.63) is 34.4 Å². The zero-order valence-corrected chi connectivity index (χ0v) is 10.0. The second kappa shape index (κ2) is 6.74. The van der Waals surface area contributed by atoms with Gasteiger partial charge in [0.05, 0.1) is 16.9 Å². The van der Waals surface area contributed by atoms with Gasteiger partial charge in [-0.15, -0.1) is 0 Å². The summed E-state index contributed by atoms with van der Waals surface area (Å²) < 4.78 is 5.29. The number of amides is 1. The Bertz CT molecular complexity index is 411. The SMILES string of the molecule is CC(=O)NCSCOc1cccc([N+](=O)[O-])c1. The standard InChI is InChI=1S/C10H12N2O4S/c1-8(13)11-6-17-7-16-10-4-2-3-9(5-10)12(14)15/h2-5H,6-7H2,1H3,(H,11,13). The van der Waals surface area contributed by atoms with Crippen molar-refractivity contribution in [3.8, 4) is 5.75 Å². The highest BCUT2D eigenvalue weighted by Gasteiger charge is 2.05. The monoisotopic (exact) mass is 256 g/mol. The van der Waals surface area contributed by atoms with Crippen molar-refractivity contribution in [1.29, 1.82) is 0 Å². The lowest BCUT2D eigenvalue weighted by molar-refractivity contribution is -0.384. The fourth-order valence-corrected chi connectivity index (χ4v) is 1.60. The lowest BCUT2D eigenvalue weighted by Gasteiger charge is -2.05. The molecule has 0 saturated heterocycles. The summed E-state index contributed by atoms with van der Waals surface area (Å²) in [6, 6.07) is 5.97. The number of benzene rings is 1. The summed E-state index contributed by atoms with van der Waals surface area (Å²) in [6.07, 6.45) is 0. The van der Waals surface area contributed by atoms with E-state index in [9.17, 15) is 14.9 Å². The number of nitrogens with one attached hydrogen (secondary N) is 1. The predicted molar refractivity (Wildman–Crippen MR) is 64.9 cm³/mol. The number of hydrogen-bond donors (Lipinski definition) is 1. The maximum Gasteiger partial charge on any atom is 0.273 e. The van der Waals surface area contributed by atoms with Crippen molar-refractivity contribution in [1.82, 2.24) is 5.32 Å². The van der Waals surface area contributed by atoms with Crippen molar-refractivity contribution >= 4 is 23.4 Å². The second-order valence-corrected chi connectivity index (χ2v) is 4.03. The highest BCUT2D eigenvalue weighted by Crippen LogP contribution is 2.19. The molecule has 1 aromatic carbocycles. The number of non-ortho nitro benzene ring substituents is 1. The zero-order valence-electron chi connectivity index (χ0n) is 9.21. The van der Waals surface area contributed by atoms with Gasteiger partial charge in [0.15, 0.2) is 0 Å². The number of carbonyl (C=O) groups excluding carboxylic acids is 1. The van der Waals surface area contributed by atoms with E-state index in [4.69, 9.17) is 4.74 Å². The van der Waals surface area contributed by atoms with E-state index in [0.29, 0.717) is 17.6 Å². The van der Waals surface area contributed by atoms with Gasteiger partial charge >= 0.3 is 0 Å². The van der Waals surface area contributed by atoms with Gasteiger partial charge in [-0.1, -0.05) is 17.8 Å². The number of nitro benzene ring substituents is 1. The molecule has 0 saturated carbocycles. The van der Waals surface area contributed by atoms with E-state index in [1.807, 2.05) is 0 Å². The molecule has 0 bridgehead atoms. The van der Waals surface area contributed by atoms with E-state index in [0.717, 1.165) is 0 Å². The number of nitro groups is 1. The lowest BCUT2D eigenvalue weighted by atomic mass is 10.3. The summed E-state index contributed by atoms with van der Waals surface area (Å²) in [6.45, 7) is 1.43. The predicted octanol–water partition coefficient (Wildman–Crippen LogP) is 1.76. The van der Waals surface area contributed by atoms with Crippen LogP contribution < -0.4 is 10.1 Å². The van der Waals surface area contributed by atoms with Gasteiger partial charge in [-0.2, -0.15) is 0 Å². The molecular weight excluding hydrogens is 244 g/mol. The van der Waals surface area contributed by atoms with Crippen molar-refractivity contribution in [2.75, 3.05) is 11.8 Å². The van der Waals surface area contributed by atoms with Gasteiger partial charge in [0.2, 0.25) is 5.91 Å². The van der Waals surface area contributed by atoms with Crippen molar-refractivity contribution in [3.63, 3.8) is 0 Å². The molecule has 0 aliphatic rings. The van der Waals surface area contributed by atoms with E-state index in [1.165, 1.54) is 30.8 Å². The largest absolute Gasteiger partial charge is 0.483 e. The van der Waals surface area contributed by atoms with Crippen LogP contribution in [0.2, 0.25) is 0 Å². The highest BCUT2D eigenvalue weighted by atomic mass is 32.2. The van der Waals surface area contributed by atoms with Gasteiger partial charge < -0.3 is 10.1 Å². The minimum Gasteiger partial charge on any atom is -0.483 e. The van der Waals surface area contributed by atoms with Crippen LogP contribution in [0.1, 0.15) is 6.92 Å². The van der Waals surface area contributed by atoms with Crippen LogP contribution in [0.3, 0.4) is 0 Å². The summed E-state index contributed by atoms with van der Waals surface area (Å²) >= 11 is 1.37. The Hall–Kier alpha value is -1.76. The summed E-state index contributed by atoms with van der Waals surface area (Å²) in [5.74, 6) is 1.11. The molecule has 0 aliphatic heterocycles. The molecule has 1 amide bonds. The Morgan fingerprint density at radius 3 is 3.00 bits per heavy atom. The molecule has 1 rings (SSSR count). The summed E-state index contributed by atoms with van der Waals surface area (Å²) in [5.41, 5.74) is -0.00522. The average molecular weight is 256 g/mol. The summed E-state index contributed by atoms with van der Waals surface area (Å²) in [5, 5.41) is 13.1. The van der Waals surface area contributed by atoms with Crippen LogP contribution >= 0.6 is 11.8 Å². The van der Waals surface area contributed by atoms with Gasteiger partial charge in [-0.05, 0) is 6.07 Å². The van der Waals surface area contributed by atoms with E-state index in [2.05, 4.69) is 5.32 Å². The summed E-state index contributed by atoms with van der Waals surface area (Å²) in [7, 11) is 0. The van der Waals surface area contributed by atoms with Crippen LogP contribution in [0.25, 0.3) is 0 Å². The van der Waals surface area contributed by atoms with Crippen molar-refractivity contribution in [2.24, 2.45) is 0 Å². The van der Waals surface area contributed by atoms with Crippen LogP contribution in [0.5, 0.6) is 5.75 Å². The molecule has 0 atom stereocenters. The third-order valence-electron chi connectivity index (χ3n) is 1.76. The Morgan fingerprint density at radius 1 is 1.59 bits per heavy atom. The minimum absolute atomic E-state index is 0.00522. The first-order valence-electron chi connectivity index (χ1n) is 4.79. The van der Waals surface area contributed by atoms with Crippen LogP contribution in [0, 0.1) is 10.1 Å². The molecule has 0 fully saturated rings. The van der Waals surface area contributed by atoms with Gasteiger partial charge in [-0.25, -0.2) is 0 Å². The number of ether oxygens (including phenoxy) is 1. The molecule has 6 nitrogen and oxygen atoms in total. The van der Waals surface area contributed by atoms with Crippen LogP contribution in [0.4, 0.5) is 5.69 Å². The average Bonchev–Trinajstić information content (AvgIpc) is 2.28. The van der Waals surface area contributed by atoms with Gasteiger partial charge in [0.25, 0.3) is 5.69 Å². The minimum atomic E-state index is -0.475. The van der Waals surface area contributed by atoms with E-state index < -0.39 is 4.92 Å². The molecule has 92 valence electrons. The quantitative estimate of drug-likeness (QED) is 0.363. The van der Waals surface area contributed by atoms with Crippen molar-refractivity contribution < 1.29 is 14.5 Å². The first-order valence-corrected chi connectivity index (χ1v) is 5.94. The topological polar surface area (TPSA) is 81.5 Å². The Kier molecular flexibility index (Phi) is 5.28. The lowest BCUT2D eigenvalue weighted by Crippen LogP contribution is -2.19. The molecule has 0 aromatic heterocycles. The molecule has 0 unspecified atom stereocenters. The Labute approximate surface area is 102 Å². The number of nitrogens with zero attached hydrogens (tertiary/aromatic N) is 1. The van der Waals surface area contributed by atoms with Crippen molar-refractivity contribution in [2.45, 2.75) is 6.92 Å². The number of thioether (sulfide) groups is 1. The Balaban J connectivity index is 2.34. The van der Waals surface area contributed by atoms with Gasteiger partial charge in [0, 0.05) is 13.0 Å².